The van der Waals surface area contributed by atoms with Crippen LogP contribution in [-0.2, 0) is 0 Å². The van der Waals surface area contributed by atoms with E-state index in [1.165, 1.54) is 12.8 Å². The molecule has 5 nitrogen and oxygen atoms in total. The fraction of sp³-hybridized carbons (Fsp3) is 0.625. The van der Waals surface area contributed by atoms with E-state index < -0.39 is 0 Å². The zero-order valence-electron chi connectivity index (χ0n) is 8.32. The zero-order chi connectivity index (χ0) is 10.9. The smallest absolute Gasteiger partial charge is 0.282 e. The lowest BCUT2D eigenvalue weighted by Crippen LogP contribution is -2.31. The number of amides is 1. The van der Waals surface area contributed by atoms with Crippen molar-refractivity contribution in [3.8, 4) is 0 Å². The number of hydrogen-bond donors (Lipinski definition) is 2. The van der Waals surface area contributed by atoms with Gasteiger partial charge in [0, 0.05) is 11.3 Å². The predicted molar refractivity (Wildman–Crippen MR) is 62.1 cm³/mol. The van der Waals surface area contributed by atoms with Crippen LogP contribution in [0.15, 0.2) is 0 Å². The van der Waals surface area contributed by atoms with Crippen LogP contribution in [0, 0.1) is 0 Å². The first kappa shape index (κ1) is 10.7. The summed E-state index contributed by atoms with van der Waals surface area (Å²) in [7, 11) is 0. The molecule has 0 bridgehead atoms. The van der Waals surface area contributed by atoms with Crippen molar-refractivity contribution in [3.05, 3.63) is 5.01 Å². The molecule has 15 heavy (non-hydrogen) atoms. The van der Waals surface area contributed by atoms with E-state index in [4.69, 9.17) is 5.73 Å². The zero-order valence-corrected chi connectivity index (χ0v) is 9.95. The molecule has 0 atom stereocenters. The van der Waals surface area contributed by atoms with Gasteiger partial charge in [-0.15, -0.1) is 10.2 Å². The van der Waals surface area contributed by atoms with Crippen molar-refractivity contribution in [1.82, 2.24) is 15.5 Å². The van der Waals surface area contributed by atoms with Gasteiger partial charge in [-0.3, -0.25) is 4.79 Å². The molecule has 1 aliphatic rings. The van der Waals surface area contributed by atoms with Gasteiger partial charge in [-0.1, -0.05) is 11.3 Å². The van der Waals surface area contributed by atoms with Crippen molar-refractivity contribution in [1.29, 1.82) is 0 Å². The van der Waals surface area contributed by atoms with Gasteiger partial charge in [0.15, 0.2) is 0 Å². The van der Waals surface area contributed by atoms with E-state index in [9.17, 15) is 4.79 Å². The Morgan fingerprint density at radius 1 is 1.67 bits per heavy atom. The molecule has 0 aromatic carbocycles. The molecular weight excluding hydrogens is 232 g/mol. The number of aromatic nitrogens is 2. The summed E-state index contributed by atoms with van der Waals surface area (Å²) in [4.78, 5) is 11.6. The van der Waals surface area contributed by atoms with E-state index >= 15 is 0 Å². The van der Waals surface area contributed by atoms with Gasteiger partial charge in [-0.25, -0.2) is 0 Å². The van der Waals surface area contributed by atoms with E-state index in [-0.39, 0.29) is 10.7 Å². The number of carbonyl (C=O) groups excluding carboxylic acids is 1. The second-order valence-corrected chi connectivity index (χ2v) is 5.80. The third-order valence-corrected chi connectivity index (χ3v) is 4.62. The van der Waals surface area contributed by atoms with Crippen LogP contribution >= 0.6 is 23.1 Å². The minimum atomic E-state index is -0.176. The summed E-state index contributed by atoms with van der Waals surface area (Å²) >= 11 is 2.92. The number of anilines is 1. The van der Waals surface area contributed by atoms with Crippen LogP contribution in [0.3, 0.4) is 0 Å². The van der Waals surface area contributed by atoms with Crippen LogP contribution in [0.1, 0.15) is 22.6 Å². The summed E-state index contributed by atoms with van der Waals surface area (Å²) in [5.41, 5.74) is 5.40. The maximum absolute atomic E-state index is 11.6. The quantitative estimate of drug-likeness (QED) is 0.816. The number of rotatable bonds is 4. The Balaban J connectivity index is 1.88. The van der Waals surface area contributed by atoms with Crippen LogP contribution in [0.25, 0.3) is 0 Å². The van der Waals surface area contributed by atoms with Crippen LogP contribution in [-0.4, -0.2) is 33.7 Å². The molecule has 0 aliphatic heterocycles. The van der Waals surface area contributed by atoms with Gasteiger partial charge >= 0.3 is 0 Å². The Labute approximate surface area is 95.8 Å². The van der Waals surface area contributed by atoms with Crippen molar-refractivity contribution in [3.63, 3.8) is 0 Å². The Hall–Kier alpha value is -0.820. The Kier molecular flexibility index (Phi) is 2.83. The summed E-state index contributed by atoms with van der Waals surface area (Å²) in [5, 5.41) is 10.8. The Bertz CT molecular complexity index is 374. The number of nitrogen functional groups attached to an aromatic ring is 1. The van der Waals surface area contributed by atoms with E-state index in [0.717, 1.165) is 11.3 Å². The van der Waals surface area contributed by atoms with Crippen molar-refractivity contribution in [2.24, 2.45) is 0 Å². The number of nitrogens with two attached hydrogens (primary N) is 1. The van der Waals surface area contributed by atoms with Crippen LogP contribution in [0.5, 0.6) is 0 Å². The van der Waals surface area contributed by atoms with Gasteiger partial charge in [0.05, 0.1) is 0 Å². The van der Waals surface area contributed by atoms with Gasteiger partial charge in [0.2, 0.25) is 10.1 Å². The maximum atomic E-state index is 11.6. The van der Waals surface area contributed by atoms with E-state index in [1.807, 2.05) is 11.8 Å². The predicted octanol–water partition coefficient (Wildman–Crippen LogP) is 0.746. The monoisotopic (exact) mass is 244 g/mol. The Morgan fingerprint density at radius 2 is 2.40 bits per heavy atom. The maximum Gasteiger partial charge on any atom is 0.282 e. The highest BCUT2D eigenvalue weighted by Crippen LogP contribution is 2.46. The van der Waals surface area contributed by atoms with Crippen LogP contribution < -0.4 is 11.1 Å². The lowest BCUT2D eigenvalue weighted by atomic mass is 10.4. The topological polar surface area (TPSA) is 80.9 Å². The average molecular weight is 244 g/mol. The lowest BCUT2D eigenvalue weighted by Gasteiger charge is -2.11. The summed E-state index contributed by atoms with van der Waals surface area (Å²) < 4.78 is 0.270. The van der Waals surface area contributed by atoms with Crippen LogP contribution in [0.4, 0.5) is 5.13 Å². The Morgan fingerprint density at radius 3 is 2.87 bits per heavy atom. The fourth-order valence-electron chi connectivity index (χ4n) is 1.24. The molecule has 3 N–H and O–H groups in total. The van der Waals surface area contributed by atoms with Gasteiger partial charge < -0.3 is 11.1 Å². The first-order chi connectivity index (χ1) is 7.15. The molecule has 1 saturated carbocycles. The van der Waals surface area contributed by atoms with Gasteiger partial charge in [0.1, 0.15) is 0 Å². The van der Waals surface area contributed by atoms with E-state index in [2.05, 4.69) is 21.8 Å². The number of nitrogens with zero attached hydrogens (tertiary/aromatic N) is 2. The molecule has 0 saturated heterocycles. The molecule has 1 aliphatic carbocycles. The molecule has 1 amide bonds. The molecule has 1 fully saturated rings. The lowest BCUT2D eigenvalue weighted by molar-refractivity contribution is 0.0952. The van der Waals surface area contributed by atoms with E-state index in [0.29, 0.717) is 16.7 Å². The minimum absolute atomic E-state index is 0.176. The fourth-order valence-corrected chi connectivity index (χ4v) is 2.49. The summed E-state index contributed by atoms with van der Waals surface area (Å²) in [6.45, 7) is 0.701. The third kappa shape index (κ3) is 2.40. The first-order valence-corrected chi connectivity index (χ1v) is 6.62. The average Bonchev–Trinajstić information content (AvgIpc) is 2.90. The number of nitrogens with one attached hydrogen (secondary N) is 1. The molecular formula is C8H12N4OS2. The van der Waals surface area contributed by atoms with Gasteiger partial charge in [-0.05, 0) is 19.1 Å². The minimum Gasteiger partial charge on any atom is -0.374 e. The van der Waals surface area contributed by atoms with Crippen LogP contribution in [0.2, 0.25) is 0 Å². The second kappa shape index (κ2) is 3.97. The van der Waals surface area contributed by atoms with Gasteiger partial charge in [0.25, 0.3) is 5.91 Å². The SMILES string of the molecule is CSC1(CNC(=O)c2nnc(N)s2)CC1. The molecule has 0 spiro atoms. The number of hydrogen-bond acceptors (Lipinski definition) is 6. The van der Waals surface area contributed by atoms with Crippen molar-refractivity contribution >= 4 is 34.1 Å². The highest BCUT2D eigenvalue weighted by Gasteiger charge is 2.42. The highest BCUT2D eigenvalue weighted by molar-refractivity contribution is 8.00. The number of thioether (sulfide) groups is 1. The third-order valence-electron chi connectivity index (χ3n) is 2.45. The molecule has 1 aromatic heterocycles. The normalized spacial score (nSPS) is 17.4. The molecule has 2 rings (SSSR count). The summed E-state index contributed by atoms with van der Waals surface area (Å²) in [6, 6.07) is 0. The van der Waals surface area contributed by atoms with Crippen molar-refractivity contribution in [2.75, 3.05) is 18.5 Å². The molecule has 0 unspecified atom stereocenters. The highest BCUT2D eigenvalue weighted by atomic mass is 32.2. The van der Waals surface area contributed by atoms with Gasteiger partial charge in [-0.2, -0.15) is 11.8 Å². The summed E-state index contributed by atoms with van der Waals surface area (Å²) in [5.74, 6) is -0.176. The second-order valence-electron chi connectivity index (χ2n) is 3.52. The summed E-state index contributed by atoms with van der Waals surface area (Å²) in [6.07, 6.45) is 4.42. The molecule has 1 heterocycles. The van der Waals surface area contributed by atoms with Crippen molar-refractivity contribution < 1.29 is 4.79 Å². The molecule has 82 valence electrons. The first-order valence-electron chi connectivity index (χ1n) is 4.57. The van der Waals surface area contributed by atoms with E-state index in [1.54, 1.807) is 0 Å². The molecule has 1 aromatic rings. The largest absolute Gasteiger partial charge is 0.374 e. The molecule has 7 heteroatoms. The van der Waals surface area contributed by atoms with Crippen molar-refractivity contribution in [2.45, 2.75) is 17.6 Å². The molecule has 0 radical (unpaired) electrons. The number of carbonyl (C=O) groups is 1. The standard InChI is InChI=1S/C8H12N4OS2/c1-14-8(2-3-8)4-10-5(13)6-11-12-7(9)15-6/h2-4H2,1H3,(H2,9,12)(H,10,13).